The molecule has 0 saturated carbocycles. The summed E-state index contributed by atoms with van der Waals surface area (Å²) in [6, 6.07) is 16.5. The minimum atomic E-state index is -0.589. The largest absolute Gasteiger partial charge is 0.493 e. The molecule has 0 spiro atoms. The second kappa shape index (κ2) is 10.7. The topological polar surface area (TPSA) is 81.5 Å². The molecule has 4 aromatic rings. The second-order valence-electron chi connectivity index (χ2n) is 9.89. The Morgan fingerprint density at radius 1 is 0.949 bits per heavy atom. The summed E-state index contributed by atoms with van der Waals surface area (Å²) in [6.07, 6.45) is 0.765. The van der Waals surface area contributed by atoms with E-state index in [2.05, 4.69) is 4.90 Å². The second-order valence-corrected chi connectivity index (χ2v) is 9.89. The molecule has 8 nitrogen and oxygen atoms in total. The molecule has 3 heterocycles. The van der Waals surface area contributed by atoms with Crippen LogP contribution in [0.4, 0.5) is 0 Å². The van der Waals surface area contributed by atoms with Crippen LogP contribution in [0, 0.1) is 0 Å². The predicted octanol–water partition coefficient (Wildman–Crippen LogP) is 4.62. The molecule has 8 heteroatoms. The Balaban J connectivity index is 1.46. The van der Waals surface area contributed by atoms with E-state index in [0.717, 1.165) is 55.6 Å². The lowest BCUT2D eigenvalue weighted by Gasteiger charge is -2.29. The van der Waals surface area contributed by atoms with Crippen LogP contribution in [0.2, 0.25) is 0 Å². The van der Waals surface area contributed by atoms with E-state index in [1.807, 2.05) is 55.5 Å². The number of nitrogens with zero attached hydrogens (tertiary/aromatic N) is 2. The number of morpholine rings is 1. The number of fused-ring (bicyclic) bond motifs is 4. The smallest absolute Gasteiger partial charge is 0.290 e. The summed E-state index contributed by atoms with van der Waals surface area (Å²) in [5.41, 5.74) is 1.42. The van der Waals surface area contributed by atoms with Crippen molar-refractivity contribution in [3.05, 3.63) is 81.7 Å². The van der Waals surface area contributed by atoms with Gasteiger partial charge in [-0.05, 0) is 42.5 Å². The summed E-state index contributed by atoms with van der Waals surface area (Å²) < 4.78 is 23.1. The van der Waals surface area contributed by atoms with E-state index in [1.54, 1.807) is 18.1 Å². The molecular weight excluding hydrogens is 496 g/mol. The highest BCUT2D eigenvalue weighted by Crippen LogP contribution is 2.41. The van der Waals surface area contributed by atoms with E-state index < -0.39 is 6.04 Å². The zero-order chi connectivity index (χ0) is 26.9. The van der Waals surface area contributed by atoms with Crippen LogP contribution in [0.5, 0.6) is 11.5 Å². The van der Waals surface area contributed by atoms with Crippen LogP contribution >= 0.6 is 0 Å². The fourth-order valence-corrected chi connectivity index (χ4v) is 5.74. The number of ether oxygens (including phenoxy) is 3. The molecule has 202 valence electrons. The van der Waals surface area contributed by atoms with Gasteiger partial charge < -0.3 is 23.5 Å². The molecule has 1 fully saturated rings. The molecule has 1 atom stereocenters. The average Bonchev–Trinajstić information content (AvgIpc) is 3.25. The van der Waals surface area contributed by atoms with Gasteiger partial charge in [-0.1, -0.05) is 36.4 Å². The fourth-order valence-electron chi connectivity index (χ4n) is 5.74. The van der Waals surface area contributed by atoms with Gasteiger partial charge in [-0.15, -0.1) is 0 Å². The Morgan fingerprint density at radius 3 is 2.56 bits per heavy atom. The highest BCUT2D eigenvalue weighted by atomic mass is 16.5. The maximum absolute atomic E-state index is 14.1. The number of carbonyl (C=O) groups excluding carboxylic acids is 1. The van der Waals surface area contributed by atoms with Gasteiger partial charge in [-0.25, -0.2) is 0 Å². The number of hydrogen-bond donors (Lipinski definition) is 0. The molecule has 1 amide bonds. The molecule has 0 N–H and O–H groups in total. The van der Waals surface area contributed by atoms with Gasteiger partial charge in [0.25, 0.3) is 5.91 Å². The summed E-state index contributed by atoms with van der Waals surface area (Å²) >= 11 is 0. The number of rotatable bonds is 8. The molecule has 1 saturated heterocycles. The molecule has 39 heavy (non-hydrogen) atoms. The Labute approximate surface area is 226 Å². The van der Waals surface area contributed by atoms with E-state index in [9.17, 15) is 9.59 Å². The van der Waals surface area contributed by atoms with Crippen LogP contribution in [0.25, 0.3) is 21.7 Å². The van der Waals surface area contributed by atoms with Gasteiger partial charge in [0.1, 0.15) is 5.58 Å². The maximum Gasteiger partial charge on any atom is 0.290 e. The van der Waals surface area contributed by atoms with Gasteiger partial charge in [0.2, 0.25) is 5.76 Å². The van der Waals surface area contributed by atoms with Crippen LogP contribution in [0.1, 0.15) is 41.1 Å². The first-order valence-electron chi connectivity index (χ1n) is 13.5. The molecule has 1 unspecified atom stereocenters. The van der Waals surface area contributed by atoms with Crippen molar-refractivity contribution in [3.8, 4) is 11.5 Å². The van der Waals surface area contributed by atoms with Crippen molar-refractivity contribution in [2.24, 2.45) is 0 Å². The number of carbonyl (C=O) groups is 1. The summed E-state index contributed by atoms with van der Waals surface area (Å²) in [5, 5.41) is 2.24. The molecule has 1 aromatic heterocycles. The third-order valence-electron chi connectivity index (χ3n) is 7.64. The first-order chi connectivity index (χ1) is 19.1. The summed E-state index contributed by atoms with van der Waals surface area (Å²) in [5.74, 6) is 1.02. The van der Waals surface area contributed by atoms with Crippen molar-refractivity contribution < 1.29 is 23.4 Å². The van der Waals surface area contributed by atoms with Gasteiger partial charge in [-0.2, -0.15) is 0 Å². The first kappa shape index (κ1) is 25.4. The Bertz CT molecular complexity index is 1590. The van der Waals surface area contributed by atoms with E-state index in [0.29, 0.717) is 41.2 Å². The Hall–Kier alpha value is -3.88. The summed E-state index contributed by atoms with van der Waals surface area (Å²) in [4.78, 5) is 32.1. The molecule has 0 bridgehead atoms. The Morgan fingerprint density at radius 2 is 1.77 bits per heavy atom. The third kappa shape index (κ3) is 4.53. The van der Waals surface area contributed by atoms with Gasteiger partial charge in [0, 0.05) is 31.6 Å². The van der Waals surface area contributed by atoms with Crippen LogP contribution in [0.3, 0.4) is 0 Å². The fraction of sp³-hybridized carbons (Fsp3) is 0.355. The number of methoxy groups -OCH3 is 1. The van der Waals surface area contributed by atoms with Crippen molar-refractivity contribution in [1.29, 1.82) is 0 Å². The highest BCUT2D eigenvalue weighted by molar-refractivity contribution is 6.06. The number of hydrogen-bond acceptors (Lipinski definition) is 7. The van der Waals surface area contributed by atoms with Gasteiger partial charge in [0.15, 0.2) is 16.9 Å². The van der Waals surface area contributed by atoms with E-state index in [-0.39, 0.29) is 17.1 Å². The van der Waals surface area contributed by atoms with Crippen molar-refractivity contribution in [2.45, 2.75) is 19.4 Å². The molecule has 6 rings (SSSR count). The summed E-state index contributed by atoms with van der Waals surface area (Å²) in [6.45, 7) is 6.95. The van der Waals surface area contributed by atoms with E-state index in [4.69, 9.17) is 18.6 Å². The lowest BCUT2D eigenvalue weighted by atomic mass is 9.97. The summed E-state index contributed by atoms with van der Waals surface area (Å²) in [7, 11) is 1.59. The van der Waals surface area contributed by atoms with Crippen molar-refractivity contribution in [3.63, 3.8) is 0 Å². The quantitative estimate of drug-likeness (QED) is 0.309. The van der Waals surface area contributed by atoms with Gasteiger partial charge in [0.05, 0.1) is 43.9 Å². The predicted molar refractivity (Wildman–Crippen MR) is 149 cm³/mol. The van der Waals surface area contributed by atoms with Crippen molar-refractivity contribution in [1.82, 2.24) is 9.80 Å². The van der Waals surface area contributed by atoms with E-state index in [1.165, 1.54) is 0 Å². The van der Waals surface area contributed by atoms with Gasteiger partial charge in [-0.3, -0.25) is 14.5 Å². The van der Waals surface area contributed by atoms with Crippen LogP contribution < -0.4 is 14.9 Å². The monoisotopic (exact) mass is 528 g/mol. The van der Waals surface area contributed by atoms with Crippen LogP contribution in [-0.4, -0.2) is 68.8 Å². The zero-order valence-electron chi connectivity index (χ0n) is 22.3. The number of amides is 1. The maximum atomic E-state index is 14.1. The lowest BCUT2D eigenvalue weighted by Crippen LogP contribution is -2.38. The lowest BCUT2D eigenvalue weighted by molar-refractivity contribution is 0.0353. The van der Waals surface area contributed by atoms with Crippen molar-refractivity contribution >= 4 is 27.6 Å². The minimum Gasteiger partial charge on any atom is -0.493 e. The highest BCUT2D eigenvalue weighted by Gasteiger charge is 2.43. The van der Waals surface area contributed by atoms with E-state index >= 15 is 0 Å². The normalized spacial score (nSPS) is 17.6. The molecule has 0 radical (unpaired) electrons. The van der Waals surface area contributed by atoms with Crippen LogP contribution in [-0.2, 0) is 4.74 Å². The Kier molecular flexibility index (Phi) is 6.97. The van der Waals surface area contributed by atoms with Crippen molar-refractivity contribution in [2.75, 3.05) is 53.1 Å². The third-order valence-corrected chi connectivity index (χ3v) is 7.64. The molecule has 2 aliphatic rings. The molecule has 3 aromatic carbocycles. The van der Waals surface area contributed by atoms with Gasteiger partial charge >= 0.3 is 0 Å². The van der Waals surface area contributed by atoms with Crippen LogP contribution in [0.15, 0.2) is 63.8 Å². The SMILES string of the molecule is CCOc1ccc(C2c3c(oc4c(ccc5ccccc54)c3=O)C(=O)N2CCCN2CCOCC2)cc1OC. The molecule has 2 aliphatic heterocycles. The standard InChI is InChI=1S/C31H32N2O6/c1-3-38-24-12-10-21(19-25(24)36-2)27-26-28(34)23-11-9-20-7-4-5-8-22(20)29(23)39-30(26)31(35)33(27)14-6-13-32-15-17-37-18-16-32/h4-5,7-12,19,27H,3,6,13-18H2,1-2H3. The molecular formula is C31H32N2O6. The first-order valence-corrected chi connectivity index (χ1v) is 13.5. The number of benzene rings is 3. The zero-order valence-corrected chi connectivity index (χ0v) is 22.3. The molecule has 0 aliphatic carbocycles. The average molecular weight is 529 g/mol. The minimum absolute atomic E-state index is 0.119.